The first kappa shape index (κ1) is 24.2. The van der Waals surface area contributed by atoms with Gasteiger partial charge in [-0.05, 0) is 67.6 Å². The second-order valence-electron chi connectivity index (χ2n) is 8.85. The van der Waals surface area contributed by atoms with Gasteiger partial charge in [0.2, 0.25) is 0 Å². The summed E-state index contributed by atoms with van der Waals surface area (Å²) in [6, 6.07) is 20.4. The first-order valence-corrected chi connectivity index (χ1v) is 11.8. The first-order chi connectivity index (χ1) is 16.2. The quantitative estimate of drug-likeness (QED) is 0.418. The number of aryl methyl sites for hydroxylation is 2. The molecule has 0 spiro atoms. The van der Waals surface area contributed by atoms with Gasteiger partial charge < -0.3 is 5.11 Å². The van der Waals surface area contributed by atoms with E-state index in [1.54, 1.807) is 10.6 Å². The predicted molar refractivity (Wildman–Crippen MR) is 138 cm³/mol. The number of hydrogen-bond donors (Lipinski definition) is 1. The maximum absolute atomic E-state index is 12.8. The summed E-state index contributed by atoms with van der Waals surface area (Å²) in [5.74, 6) is 0. The minimum atomic E-state index is -0.0172. The SMILES string of the molecule is Cl.O=c1cc(CCc2ccccc2)ccn1-c1ccc2c(cnn2CCN2CCC[C@@H]2CO)c1. The largest absolute Gasteiger partial charge is 0.395 e. The summed E-state index contributed by atoms with van der Waals surface area (Å²) in [6.07, 6.45) is 7.72. The molecule has 1 aliphatic heterocycles. The molecule has 2 aromatic carbocycles. The molecule has 4 aromatic rings. The van der Waals surface area contributed by atoms with E-state index in [1.165, 1.54) is 5.56 Å². The zero-order valence-corrected chi connectivity index (χ0v) is 20.0. The molecular weight excluding hydrogens is 448 g/mol. The molecule has 0 amide bonds. The molecule has 0 unspecified atom stereocenters. The first-order valence-electron chi connectivity index (χ1n) is 11.8. The van der Waals surface area contributed by atoms with Gasteiger partial charge in [-0.25, -0.2) is 0 Å². The Kier molecular flexibility index (Phi) is 7.83. The lowest BCUT2D eigenvalue weighted by Crippen LogP contribution is -2.34. The molecule has 178 valence electrons. The monoisotopic (exact) mass is 478 g/mol. The highest BCUT2D eigenvalue weighted by atomic mass is 35.5. The second kappa shape index (κ2) is 11.0. The third-order valence-electron chi connectivity index (χ3n) is 6.74. The molecule has 34 heavy (non-hydrogen) atoms. The Labute approximate surface area is 205 Å². The van der Waals surface area contributed by atoms with Crippen molar-refractivity contribution >= 4 is 23.3 Å². The lowest BCUT2D eigenvalue weighted by atomic mass is 10.1. The van der Waals surface area contributed by atoms with E-state index in [1.807, 2.05) is 59.5 Å². The number of aliphatic hydroxyl groups is 1. The van der Waals surface area contributed by atoms with Gasteiger partial charge in [-0.15, -0.1) is 12.4 Å². The molecule has 0 radical (unpaired) electrons. The zero-order valence-electron chi connectivity index (χ0n) is 19.2. The van der Waals surface area contributed by atoms with Gasteiger partial charge in [0.05, 0.1) is 24.9 Å². The Balaban J connectivity index is 0.00000274. The summed E-state index contributed by atoms with van der Waals surface area (Å²) in [6.45, 7) is 2.94. The fraction of sp³-hybridized carbons (Fsp3) is 0.333. The van der Waals surface area contributed by atoms with Crippen LogP contribution in [0.1, 0.15) is 24.0 Å². The topological polar surface area (TPSA) is 63.3 Å². The molecule has 0 bridgehead atoms. The fourth-order valence-electron chi connectivity index (χ4n) is 4.84. The van der Waals surface area contributed by atoms with Crippen molar-refractivity contribution in [3.05, 3.63) is 94.5 Å². The number of aromatic nitrogens is 3. The van der Waals surface area contributed by atoms with Crippen LogP contribution in [-0.4, -0.2) is 50.1 Å². The number of hydrogen-bond acceptors (Lipinski definition) is 4. The van der Waals surface area contributed by atoms with Crippen LogP contribution in [-0.2, 0) is 19.4 Å². The van der Waals surface area contributed by atoms with E-state index < -0.39 is 0 Å². The highest BCUT2D eigenvalue weighted by Gasteiger charge is 2.23. The van der Waals surface area contributed by atoms with E-state index in [4.69, 9.17) is 0 Å². The summed E-state index contributed by atoms with van der Waals surface area (Å²) < 4.78 is 3.71. The van der Waals surface area contributed by atoms with Gasteiger partial charge in [0.1, 0.15) is 0 Å². The summed E-state index contributed by atoms with van der Waals surface area (Å²) in [5, 5.41) is 15.1. The maximum Gasteiger partial charge on any atom is 0.255 e. The Morgan fingerprint density at radius 2 is 1.79 bits per heavy atom. The van der Waals surface area contributed by atoms with Crippen LogP contribution in [0, 0.1) is 0 Å². The Morgan fingerprint density at radius 1 is 0.971 bits per heavy atom. The minimum absolute atomic E-state index is 0. The van der Waals surface area contributed by atoms with Gasteiger partial charge in [-0.1, -0.05) is 30.3 Å². The lowest BCUT2D eigenvalue weighted by Gasteiger charge is -2.22. The number of pyridine rings is 1. The van der Waals surface area contributed by atoms with Gasteiger partial charge in [-0.2, -0.15) is 5.10 Å². The van der Waals surface area contributed by atoms with Crippen molar-refractivity contribution in [3.63, 3.8) is 0 Å². The van der Waals surface area contributed by atoms with Crippen LogP contribution in [0.2, 0.25) is 0 Å². The van der Waals surface area contributed by atoms with Crippen LogP contribution in [0.5, 0.6) is 0 Å². The normalized spacial score (nSPS) is 16.1. The molecule has 0 saturated carbocycles. The summed E-state index contributed by atoms with van der Waals surface area (Å²) >= 11 is 0. The molecule has 1 aliphatic rings. The van der Waals surface area contributed by atoms with Crippen molar-refractivity contribution in [2.75, 3.05) is 19.7 Å². The molecule has 3 heterocycles. The number of benzene rings is 2. The molecular formula is C27H31ClN4O2. The predicted octanol–water partition coefficient (Wildman–Crippen LogP) is 3.85. The summed E-state index contributed by atoms with van der Waals surface area (Å²) in [4.78, 5) is 15.2. The van der Waals surface area contributed by atoms with E-state index in [0.29, 0.717) is 0 Å². The molecule has 1 fully saturated rings. The molecule has 6 nitrogen and oxygen atoms in total. The van der Waals surface area contributed by atoms with E-state index in [-0.39, 0.29) is 30.6 Å². The van der Waals surface area contributed by atoms with Crippen molar-refractivity contribution in [3.8, 4) is 5.69 Å². The highest BCUT2D eigenvalue weighted by Crippen LogP contribution is 2.20. The number of likely N-dealkylation sites (tertiary alicyclic amines) is 1. The molecule has 0 aliphatic carbocycles. The van der Waals surface area contributed by atoms with Crippen molar-refractivity contribution in [1.82, 2.24) is 19.2 Å². The highest BCUT2D eigenvalue weighted by molar-refractivity contribution is 5.85. The van der Waals surface area contributed by atoms with Gasteiger partial charge >= 0.3 is 0 Å². The van der Waals surface area contributed by atoms with Crippen molar-refractivity contribution in [1.29, 1.82) is 0 Å². The van der Waals surface area contributed by atoms with Crippen molar-refractivity contribution in [2.24, 2.45) is 0 Å². The van der Waals surface area contributed by atoms with E-state index in [9.17, 15) is 9.90 Å². The number of aliphatic hydroxyl groups excluding tert-OH is 1. The van der Waals surface area contributed by atoms with Crippen molar-refractivity contribution in [2.45, 2.75) is 38.3 Å². The standard InChI is InChI=1S/C27H30N4O2.ClH/c32-20-25-7-4-13-29(25)15-16-31-26-11-10-24(18-23(26)19-28-31)30-14-12-22(17-27(30)33)9-8-21-5-2-1-3-6-21;/h1-3,5-6,10-12,14,17-19,25,32H,4,7-9,13,15-16,20H2;1H/t25-;/m1./s1. The number of nitrogens with zero attached hydrogens (tertiary/aromatic N) is 4. The zero-order chi connectivity index (χ0) is 22.6. The van der Waals surface area contributed by atoms with Gasteiger partial charge in [0, 0.05) is 35.9 Å². The number of halogens is 1. The molecule has 1 N–H and O–H groups in total. The van der Waals surface area contributed by atoms with Gasteiger partial charge in [0.15, 0.2) is 0 Å². The van der Waals surface area contributed by atoms with Gasteiger partial charge in [0.25, 0.3) is 5.56 Å². The number of fused-ring (bicyclic) bond motifs is 1. The average Bonchev–Trinajstić information content (AvgIpc) is 3.48. The van der Waals surface area contributed by atoms with Crippen LogP contribution in [0.25, 0.3) is 16.6 Å². The van der Waals surface area contributed by atoms with Crippen LogP contribution in [0.4, 0.5) is 0 Å². The third-order valence-corrected chi connectivity index (χ3v) is 6.74. The molecule has 1 atom stereocenters. The Morgan fingerprint density at radius 3 is 2.59 bits per heavy atom. The Hall–Kier alpha value is -2.93. The summed E-state index contributed by atoms with van der Waals surface area (Å²) in [7, 11) is 0. The fourth-order valence-corrected chi connectivity index (χ4v) is 4.84. The maximum atomic E-state index is 12.8. The van der Waals surface area contributed by atoms with E-state index in [2.05, 4.69) is 22.1 Å². The van der Waals surface area contributed by atoms with Crippen LogP contribution in [0.3, 0.4) is 0 Å². The van der Waals surface area contributed by atoms with Crippen molar-refractivity contribution < 1.29 is 5.11 Å². The lowest BCUT2D eigenvalue weighted by molar-refractivity contribution is 0.154. The molecule has 1 saturated heterocycles. The third kappa shape index (κ3) is 5.25. The molecule has 2 aromatic heterocycles. The van der Waals surface area contributed by atoms with E-state index in [0.717, 1.165) is 67.5 Å². The van der Waals surface area contributed by atoms with Crippen LogP contribution in [0.15, 0.2) is 77.9 Å². The summed E-state index contributed by atoms with van der Waals surface area (Å²) in [5.41, 5.74) is 4.22. The van der Waals surface area contributed by atoms with Crippen LogP contribution >= 0.6 is 12.4 Å². The Bertz CT molecular complexity index is 1280. The molecule has 5 rings (SSSR count). The second-order valence-corrected chi connectivity index (χ2v) is 8.85. The number of rotatable bonds is 8. The van der Waals surface area contributed by atoms with Gasteiger partial charge in [-0.3, -0.25) is 18.9 Å². The van der Waals surface area contributed by atoms with Crippen LogP contribution < -0.4 is 5.56 Å². The molecule has 7 heteroatoms. The minimum Gasteiger partial charge on any atom is -0.395 e. The van der Waals surface area contributed by atoms with E-state index >= 15 is 0 Å². The average molecular weight is 479 g/mol. The smallest absolute Gasteiger partial charge is 0.255 e.